The van der Waals surface area contributed by atoms with E-state index in [1.807, 2.05) is 0 Å². The van der Waals surface area contributed by atoms with Crippen LogP contribution < -0.4 is 10.8 Å². The van der Waals surface area contributed by atoms with Gasteiger partial charge in [0, 0.05) is 17.4 Å². The van der Waals surface area contributed by atoms with Crippen molar-refractivity contribution in [3.8, 4) is 5.69 Å². The minimum absolute atomic E-state index is 0.0336. The lowest BCUT2D eigenvalue weighted by molar-refractivity contribution is -0.255. The molecule has 0 saturated carbocycles. The highest BCUT2D eigenvalue weighted by Crippen LogP contribution is 2.18. The van der Waals surface area contributed by atoms with Crippen LogP contribution in [0.5, 0.6) is 0 Å². The number of aromatic carboxylic acids is 1. The Kier molecular flexibility index (Phi) is 3.01. The van der Waals surface area contributed by atoms with Gasteiger partial charge in [-0.1, -0.05) is 6.92 Å². The van der Waals surface area contributed by atoms with Crippen LogP contribution in [0.1, 0.15) is 23.0 Å². The molecule has 2 N–H and O–H groups in total. The summed E-state index contributed by atoms with van der Waals surface area (Å²) in [5.41, 5.74) is 6.20. The number of carboxylic acid groups (broad SMARTS) is 1. The highest BCUT2D eigenvalue weighted by Gasteiger charge is 2.12. The first-order valence-corrected chi connectivity index (χ1v) is 5.38. The third-order valence-corrected chi connectivity index (χ3v) is 2.56. The number of nitrogens with zero attached hydrogens (tertiary/aromatic N) is 2. The van der Waals surface area contributed by atoms with Crippen molar-refractivity contribution in [1.29, 1.82) is 0 Å². The standard InChI is InChI=1S/C12H12FN3O2/c1-2-10-8(12(17)18)6-16(15-10)11-4-3-7(14)5-9(11)13/h3-6H,2,14H2,1H3,(H,17,18)/p-1. The first-order chi connectivity index (χ1) is 8.52. The van der Waals surface area contributed by atoms with E-state index >= 15 is 0 Å². The lowest BCUT2D eigenvalue weighted by atomic mass is 10.2. The number of nitrogens with two attached hydrogens (primary N) is 1. The molecule has 1 heterocycles. The molecule has 18 heavy (non-hydrogen) atoms. The van der Waals surface area contributed by atoms with Crippen molar-refractivity contribution < 1.29 is 14.3 Å². The van der Waals surface area contributed by atoms with Gasteiger partial charge in [0.25, 0.3) is 0 Å². The molecule has 0 atom stereocenters. The first kappa shape index (κ1) is 12.1. The second-order valence-electron chi connectivity index (χ2n) is 3.79. The number of carbonyl (C=O) groups excluding carboxylic acids is 1. The molecule has 94 valence electrons. The highest BCUT2D eigenvalue weighted by atomic mass is 19.1. The van der Waals surface area contributed by atoms with Gasteiger partial charge in [-0.2, -0.15) is 5.10 Å². The summed E-state index contributed by atoms with van der Waals surface area (Å²) in [4.78, 5) is 10.9. The number of aromatic nitrogens is 2. The second kappa shape index (κ2) is 4.48. The summed E-state index contributed by atoms with van der Waals surface area (Å²) in [6, 6.07) is 4.11. The van der Waals surface area contributed by atoms with Gasteiger partial charge in [-0.25, -0.2) is 9.07 Å². The van der Waals surface area contributed by atoms with Crippen LogP contribution in [0.2, 0.25) is 0 Å². The Hall–Kier alpha value is -2.37. The van der Waals surface area contributed by atoms with Gasteiger partial charge in [-0.05, 0) is 24.6 Å². The summed E-state index contributed by atoms with van der Waals surface area (Å²) in [7, 11) is 0. The molecule has 5 nitrogen and oxygen atoms in total. The lowest BCUT2D eigenvalue weighted by Gasteiger charge is -2.03. The van der Waals surface area contributed by atoms with Crippen molar-refractivity contribution in [1.82, 2.24) is 9.78 Å². The number of anilines is 1. The number of carbonyl (C=O) groups is 1. The van der Waals surface area contributed by atoms with Crippen LogP contribution in [0.3, 0.4) is 0 Å². The zero-order valence-corrected chi connectivity index (χ0v) is 9.68. The Morgan fingerprint density at radius 3 is 2.78 bits per heavy atom. The summed E-state index contributed by atoms with van der Waals surface area (Å²) in [5.74, 6) is -1.89. The van der Waals surface area contributed by atoms with E-state index in [1.54, 1.807) is 6.92 Å². The van der Waals surface area contributed by atoms with E-state index in [4.69, 9.17) is 5.73 Å². The normalized spacial score (nSPS) is 10.6. The second-order valence-corrected chi connectivity index (χ2v) is 3.79. The minimum Gasteiger partial charge on any atom is -0.545 e. The third-order valence-electron chi connectivity index (χ3n) is 2.56. The van der Waals surface area contributed by atoms with Crippen LogP contribution in [-0.4, -0.2) is 15.7 Å². The van der Waals surface area contributed by atoms with Crippen LogP contribution >= 0.6 is 0 Å². The van der Waals surface area contributed by atoms with Gasteiger partial charge in [-0.15, -0.1) is 0 Å². The van der Waals surface area contributed by atoms with E-state index < -0.39 is 11.8 Å². The van der Waals surface area contributed by atoms with E-state index in [2.05, 4.69) is 5.10 Å². The summed E-state index contributed by atoms with van der Waals surface area (Å²) >= 11 is 0. The molecule has 0 saturated heterocycles. The van der Waals surface area contributed by atoms with E-state index in [0.29, 0.717) is 17.8 Å². The number of aryl methyl sites for hydroxylation is 1. The summed E-state index contributed by atoms with van der Waals surface area (Å²) in [6.45, 7) is 1.76. The zero-order valence-electron chi connectivity index (χ0n) is 9.68. The predicted octanol–water partition coefficient (Wildman–Crippen LogP) is 0.519. The fourth-order valence-electron chi connectivity index (χ4n) is 1.67. The largest absolute Gasteiger partial charge is 0.545 e. The van der Waals surface area contributed by atoms with Crippen LogP contribution in [0.15, 0.2) is 24.4 Å². The van der Waals surface area contributed by atoms with Gasteiger partial charge in [0.2, 0.25) is 0 Å². The monoisotopic (exact) mass is 248 g/mol. The number of hydrogen-bond donors (Lipinski definition) is 1. The van der Waals surface area contributed by atoms with Crippen LogP contribution in [0.4, 0.5) is 10.1 Å². The summed E-state index contributed by atoms with van der Waals surface area (Å²) in [5, 5.41) is 14.9. The molecule has 2 aromatic rings. The molecule has 1 aromatic heterocycles. The van der Waals surface area contributed by atoms with Crippen molar-refractivity contribution in [2.24, 2.45) is 0 Å². The molecule has 0 radical (unpaired) electrons. The van der Waals surface area contributed by atoms with Crippen molar-refractivity contribution >= 4 is 11.7 Å². The first-order valence-electron chi connectivity index (χ1n) is 5.38. The number of halogens is 1. The molecule has 0 aliphatic rings. The topological polar surface area (TPSA) is 84.0 Å². The fourth-order valence-corrected chi connectivity index (χ4v) is 1.67. The predicted molar refractivity (Wildman–Crippen MR) is 61.6 cm³/mol. The zero-order chi connectivity index (χ0) is 13.3. The molecule has 0 fully saturated rings. The Balaban J connectivity index is 2.54. The number of rotatable bonds is 3. The number of nitrogen functional groups attached to an aromatic ring is 1. The molecule has 0 bridgehead atoms. The number of benzene rings is 1. The Morgan fingerprint density at radius 1 is 1.56 bits per heavy atom. The fraction of sp³-hybridized carbons (Fsp3) is 0.167. The van der Waals surface area contributed by atoms with E-state index in [0.717, 1.165) is 6.07 Å². The molecule has 0 spiro atoms. The van der Waals surface area contributed by atoms with Gasteiger partial charge in [0.1, 0.15) is 5.69 Å². The maximum Gasteiger partial charge on any atom is 0.150 e. The van der Waals surface area contributed by atoms with Gasteiger partial charge in [-0.3, -0.25) is 0 Å². The SMILES string of the molecule is CCc1nn(-c2ccc(N)cc2F)cc1C(=O)[O-]. The Labute approximate surface area is 103 Å². The van der Waals surface area contributed by atoms with Crippen LogP contribution in [-0.2, 0) is 6.42 Å². The summed E-state index contributed by atoms with van der Waals surface area (Å²) < 4.78 is 14.9. The highest BCUT2D eigenvalue weighted by molar-refractivity contribution is 5.86. The van der Waals surface area contributed by atoms with Gasteiger partial charge in [0.05, 0.1) is 11.7 Å². The molecular weight excluding hydrogens is 237 g/mol. The molecule has 0 amide bonds. The van der Waals surface area contributed by atoms with Crippen molar-refractivity contribution in [3.05, 3.63) is 41.5 Å². The quantitative estimate of drug-likeness (QED) is 0.802. The van der Waals surface area contributed by atoms with Crippen molar-refractivity contribution in [2.45, 2.75) is 13.3 Å². The number of carboxylic acids is 1. The Bertz CT molecular complexity index is 607. The summed E-state index contributed by atoms with van der Waals surface area (Å²) in [6.07, 6.45) is 1.66. The van der Waals surface area contributed by atoms with Crippen molar-refractivity contribution in [2.75, 3.05) is 5.73 Å². The maximum atomic E-state index is 13.7. The molecule has 0 aliphatic heterocycles. The van der Waals surface area contributed by atoms with E-state index in [9.17, 15) is 14.3 Å². The molecule has 6 heteroatoms. The maximum absolute atomic E-state index is 13.7. The van der Waals surface area contributed by atoms with Gasteiger partial charge >= 0.3 is 0 Å². The van der Waals surface area contributed by atoms with Crippen LogP contribution in [0, 0.1) is 5.82 Å². The lowest BCUT2D eigenvalue weighted by Crippen LogP contribution is -2.22. The molecule has 0 unspecified atom stereocenters. The van der Waals surface area contributed by atoms with Crippen LogP contribution in [0.25, 0.3) is 5.69 Å². The number of hydrogen-bond acceptors (Lipinski definition) is 4. The Morgan fingerprint density at radius 2 is 2.28 bits per heavy atom. The van der Waals surface area contributed by atoms with Gasteiger partial charge < -0.3 is 15.6 Å². The van der Waals surface area contributed by atoms with E-state index in [1.165, 1.54) is 23.0 Å². The molecule has 1 aromatic carbocycles. The minimum atomic E-state index is -1.33. The van der Waals surface area contributed by atoms with E-state index in [-0.39, 0.29) is 11.3 Å². The molecule has 2 rings (SSSR count). The van der Waals surface area contributed by atoms with Gasteiger partial charge in [0.15, 0.2) is 5.82 Å². The third kappa shape index (κ3) is 2.04. The average Bonchev–Trinajstić information content (AvgIpc) is 2.73. The molecule has 0 aliphatic carbocycles. The smallest absolute Gasteiger partial charge is 0.150 e. The average molecular weight is 248 g/mol. The van der Waals surface area contributed by atoms with Crippen molar-refractivity contribution in [3.63, 3.8) is 0 Å². The molecular formula is C12H11FN3O2-.